The fourth-order valence-corrected chi connectivity index (χ4v) is 6.11. The van der Waals surface area contributed by atoms with Gasteiger partial charge in [0.1, 0.15) is 5.75 Å². The molecule has 1 saturated carbocycles. The van der Waals surface area contributed by atoms with Crippen molar-refractivity contribution in [3.8, 4) is 5.75 Å². The van der Waals surface area contributed by atoms with E-state index in [9.17, 15) is 18.0 Å². The third kappa shape index (κ3) is 4.89. The lowest BCUT2D eigenvalue weighted by molar-refractivity contribution is -0.148. The van der Waals surface area contributed by atoms with E-state index in [-0.39, 0.29) is 24.0 Å². The van der Waals surface area contributed by atoms with E-state index >= 15 is 0 Å². The summed E-state index contributed by atoms with van der Waals surface area (Å²) in [5, 5.41) is 0. The SMILES string of the molecule is COC(=O)[C@H]1CN(C(=O)CN(C2CCCCC2)S(=O)(=O)c2ccccc2)c2ccccc2O1. The van der Waals surface area contributed by atoms with Crippen LogP contribution in [-0.2, 0) is 24.3 Å². The van der Waals surface area contributed by atoms with Crippen LogP contribution in [0.4, 0.5) is 5.69 Å². The molecule has 4 rings (SSSR count). The molecule has 1 heterocycles. The molecule has 0 N–H and O–H groups in total. The Morgan fingerprint density at radius 1 is 1.03 bits per heavy atom. The minimum absolute atomic E-state index is 0.0492. The van der Waals surface area contributed by atoms with Crippen molar-refractivity contribution in [2.45, 2.75) is 49.1 Å². The molecule has 0 radical (unpaired) electrons. The number of benzene rings is 2. The number of ether oxygens (including phenoxy) is 2. The first kappa shape index (κ1) is 23.3. The molecule has 2 aromatic carbocycles. The molecule has 2 aromatic rings. The molecule has 0 spiro atoms. The van der Waals surface area contributed by atoms with E-state index in [2.05, 4.69) is 0 Å². The number of para-hydroxylation sites is 2. The van der Waals surface area contributed by atoms with E-state index in [1.165, 1.54) is 16.3 Å². The minimum atomic E-state index is -3.88. The van der Waals surface area contributed by atoms with Crippen LogP contribution in [0.3, 0.4) is 0 Å². The summed E-state index contributed by atoms with van der Waals surface area (Å²) in [4.78, 5) is 27.3. The normalized spacial score (nSPS) is 19.0. The van der Waals surface area contributed by atoms with E-state index < -0.39 is 28.0 Å². The molecular weight excluding hydrogens is 444 g/mol. The maximum Gasteiger partial charge on any atom is 0.348 e. The first-order valence-corrected chi connectivity index (χ1v) is 12.6. The third-order valence-electron chi connectivity index (χ3n) is 6.16. The molecule has 0 bridgehead atoms. The average Bonchev–Trinajstić information content (AvgIpc) is 2.86. The quantitative estimate of drug-likeness (QED) is 0.600. The predicted octanol–water partition coefficient (Wildman–Crippen LogP) is 2.98. The van der Waals surface area contributed by atoms with Gasteiger partial charge in [-0.2, -0.15) is 4.31 Å². The van der Waals surface area contributed by atoms with Gasteiger partial charge in [-0.15, -0.1) is 0 Å². The van der Waals surface area contributed by atoms with E-state index in [1.807, 2.05) is 0 Å². The van der Waals surface area contributed by atoms with Crippen LogP contribution < -0.4 is 9.64 Å². The Morgan fingerprint density at radius 3 is 2.39 bits per heavy atom. The second-order valence-electron chi connectivity index (χ2n) is 8.26. The third-order valence-corrected chi connectivity index (χ3v) is 8.07. The smallest absolute Gasteiger partial charge is 0.348 e. The van der Waals surface area contributed by atoms with Crippen LogP contribution in [-0.4, -0.2) is 56.9 Å². The van der Waals surface area contributed by atoms with Crippen LogP contribution in [0.2, 0.25) is 0 Å². The van der Waals surface area contributed by atoms with Gasteiger partial charge >= 0.3 is 5.97 Å². The number of esters is 1. The van der Waals surface area contributed by atoms with Crippen molar-refractivity contribution in [1.29, 1.82) is 0 Å². The molecule has 8 nitrogen and oxygen atoms in total. The lowest BCUT2D eigenvalue weighted by Crippen LogP contribution is -2.52. The Balaban J connectivity index is 1.66. The molecule has 0 unspecified atom stereocenters. The Morgan fingerprint density at radius 2 is 1.70 bits per heavy atom. The summed E-state index contributed by atoms with van der Waals surface area (Å²) in [5.74, 6) is -0.629. The van der Waals surface area contributed by atoms with Crippen LogP contribution in [0.1, 0.15) is 32.1 Å². The zero-order valence-electron chi connectivity index (χ0n) is 18.6. The zero-order chi connectivity index (χ0) is 23.4. The Labute approximate surface area is 194 Å². The van der Waals surface area contributed by atoms with Gasteiger partial charge < -0.3 is 14.4 Å². The molecule has 1 atom stereocenters. The summed E-state index contributed by atoms with van der Waals surface area (Å²) >= 11 is 0. The lowest BCUT2D eigenvalue weighted by Gasteiger charge is -2.37. The maximum absolute atomic E-state index is 13.6. The highest BCUT2D eigenvalue weighted by Gasteiger charge is 2.39. The van der Waals surface area contributed by atoms with Crippen LogP contribution in [0.5, 0.6) is 5.75 Å². The molecule has 0 aromatic heterocycles. The number of hydrogen-bond donors (Lipinski definition) is 0. The molecule has 33 heavy (non-hydrogen) atoms. The summed E-state index contributed by atoms with van der Waals surface area (Å²) in [5.41, 5.74) is 0.503. The number of nitrogens with zero attached hydrogens (tertiary/aromatic N) is 2. The first-order chi connectivity index (χ1) is 15.9. The topological polar surface area (TPSA) is 93.2 Å². The average molecular weight is 473 g/mol. The highest BCUT2D eigenvalue weighted by atomic mass is 32.2. The van der Waals surface area contributed by atoms with Gasteiger partial charge in [-0.3, -0.25) is 4.79 Å². The van der Waals surface area contributed by atoms with Crippen LogP contribution in [0, 0.1) is 0 Å². The number of carbonyl (C=O) groups is 2. The van der Waals surface area contributed by atoms with Crippen LogP contribution in [0.15, 0.2) is 59.5 Å². The van der Waals surface area contributed by atoms with E-state index in [0.717, 1.165) is 19.3 Å². The Hall–Kier alpha value is -2.91. The number of hydrogen-bond acceptors (Lipinski definition) is 6. The van der Waals surface area contributed by atoms with Gasteiger partial charge in [-0.1, -0.05) is 49.6 Å². The van der Waals surface area contributed by atoms with Crippen molar-refractivity contribution in [3.05, 3.63) is 54.6 Å². The Kier molecular flexibility index (Phi) is 6.99. The van der Waals surface area contributed by atoms with Gasteiger partial charge in [0.15, 0.2) is 0 Å². The van der Waals surface area contributed by atoms with Gasteiger partial charge in [-0.25, -0.2) is 13.2 Å². The summed E-state index contributed by atoms with van der Waals surface area (Å²) in [6, 6.07) is 14.9. The molecule has 0 saturated heterocycles. The van der Waals surface area contributed by atoms with Crippen molar-refractivity contribution in [2.75, 3.05) is 25.1 Å². The highest BCUT2D eigenvalue weighted by molar-refractivity contribution is 7.89. The molecule has 176 valence electrons. The van der Waals surface area contributed by atoms with Crippen molar-refractivity contribution < 1.29 is 27.5 Å². The minimum Gasteiger partial charge on any atom is -0.475 e. The number of sulfonamides is 1. The van der Waals surface area contributed by atoms with Crippen LogP contribution in [0.25, 0.3) is 0 Å². The largest absolute Gasteiger partial charge is 0.475 e. The number of methoxy groups -OCH3 is 1. The monoisotopic (exact) mass is 472 g/mol. The summed E-state index contributed by atoms with van der Waals surface area (Å²) in [6.45, 7) is -0.365. The molecule has 1 amide bonds. The second kappa shape index (κ2) is 9.93. The zero-order valence-corrected chi connectivity index (χ0v) is 19.4. The maximum atomic E-state index is 13.6. The molecule has 9 heteroatoms. The van der Waals surface area contributed by atoms with Crippen molar-refractivity contribution in [1.82, 2.24) is 4.31 Å². The molecule has 1 aliphatic carbocycles. The van der Waals surface area contributed by atoms with E-state index in [4.69, 9.17) is 9.47 Å². The van der Waals surface area contributed by atoms with Crippen molar-refractivity contribution >= 4 is 27.6 Å². The molecule has 1 aliphatic heterocycles. The number of amides is 1. The summed E-state index contributed by atoms with van der Waals surface area (Å²) in [7, 11) is -2.62. The fourth-order valence-electron chi connectivity index (χ4n) is 4.45. The van der Waals surface area contributed by atoms with E-state index in [1.54, 1.807) is 54.6 Å². The van der Waals surface area contributed by atoms with Gasteiger partial charge in [0, 0.05) is 6.04 Å². The van der Waals surface area contributed by atoms with Gasteiger partial charge in [0.2, 0.25) is 22.0 Å². The summed E-state index contributed by atoms with van der Waals surface area (Å²) < 4.78 is 39.0. The van der Waals surface area contributed by atoms with Gasteiger partial charge in [0.05, 0.1) is 30.8 Å². The molecule has 2 aliphatic rings. The number of fused-ring (bicyclic) bond motifs is 1. The number of anilines is 1. The predicted molar refractivity (Wildman–Crippen MR) is 122 cm³/mol. The van der Waals surface area contributed by atoms with Crippen molar-refractivity contribution in [2.24, 2.45) is 0 Å². The standard InChI is InChI=1S/C24H28N2O6S/c1-31-24(28)22-16-25(20-14-8-9-15-21(20)32-22)23(27)17-26(18-10-4-2-5-11-18)33(29,30)19-12-6-3-7-13-19/h3,6-9,12-15,18,22H,2,4-5,10-11,16-17H2,1H3/t22-/m1/s1. The molecular formula is C24H28N2O6S. The van der Waals surface area contributed by atoms with Gasteiger partial charge in [-0.05, 0) is 37.1 Å². The summed E-state index contributed by atoms with van der Waals surface area (Å²) in [6.07, 6.45) is 3.34. The lowest BCUT2D eigenvalue weighted by atomic mass is 9.95. The number of rotatable bonds is 6. The second-order valence-corrected chi connectivity index (χ2v) is 10.1. The fraction of sp³-hybridized carbons (Fsp3) is 0.417. The van der Waals surface area contributed by atoms with Crippen LogP contribution >= 0.6 is 0 Å². The highest BCUT2D eigenvalue weighted by Crippen LogP contribution is 2.34. The van der Waals surface area contributed by atoms with E-state index in [0.29, 0.717) is 24.3 Å². The van der Waals surface area contributed by atoms with Gasteiger partial charge in [0.25, 0.3) is 0 Å². The molecule has 1 fully saturated rings. The number of carbonyl (C=O) groups excluding carboxylic acids is 2. The Bertz CT molecular complexity index is 1100. The first-order valence-electron chi connectivity index (χ1n) is 11.1. The van der Waals surface area contributed by atoms with Crippen molar-refractivity contribution in [3.63, 3.8) is 0 Å².